The summed E-state index contributed by atoms with van der Waals surface area (Å²) in [5.74, 6) is -0.519. The zero-order valence-corrected chi connectivity index (χ0v) is 16.1. The molecule has 1 unspecified atom stereocenters. The third-order valence-electron chi connectivity index (χ3n) is 5.12. The fourth-order valence-corrected chi connectivity index (χ4v) is 3.55. The van der Waals surface area contributed by atoms with Crippen molar-refractivity contribution >= 4 is 22.7 Å². The Kier molecular flexibility index (Phi) is 5.86. The maximum absolute atomic E-state index is 12.5. The average molecular weight is 392 g/mol. The molecule has 0 saturated carbocycles. The van der Waals surface area contributed by atoms with Gasteiger partial charge in [-0.15, -0.1) is 0 Å². The number of H-pyrrole nitrogens is 1. The summed E-state index contributed by atoms with van der Waals surface area (Å²) in [6, 6.07) is 11.2. The van der Waals surface area contributed by atoms with Gasteiger partial charge in [-0.3, -0.25) is 14.6 Å². The van der Waals surface area contributed by atoms with Crippen molar-refractivity contribution in [1.29, 1.82) is 0 Å². The average Bonchev–Trinajstić information content (AvgIpc) is 3.42. The van der Waals surface area contributed by atoms with Crippen molar-refractivity contribution in [2.45, 2.75) is 25.4 Å². The van der Waals surface area contributed by atoms with Gasteiger partial charge in [0.25, 0.3) is 11.8 Å². The van der Waals surface area contributed by atoms with Gasteiger partial charge in [-0.05, 0) is 43.0 Å². The van der Waals surface area contributed by atoms with E-state index in [1.807, 2.05) is 24.4 Å². The number of pyridine rings is 1. The molecule has 0 aliphatic carbocycles. The van der Waals surface area contributed by atoms with E-state index < -0.39 is 0 Å². The van der Waals surface area contributed by atoms with Gasteiger partial charge in [0.2, 0.25) is 0 Å². The molecule has 1 saturated heterocycles. The molecule has 1 fully saturated rings. The van der Waals surface area contributed by atoms with Crippen LogP contribution in [0.2, 0.25) is 0 Å². The lowest BCUT2D eigenvalue weighted by Gasteiger charge is -2.11. The Morgan fingerprint density at radius 3 is 2.93 bits per heavy atom. The number of aromatic amines is 1. The Labute approximate surface area is 168 Å². The number of ether oxygens (including phenoxy) is 1. The predicted octanol–water partition coefficient (Wildman–Crippen LogP) is 2.44. The number of rotatable bonds is 7. The second-order valence-electron chi connectivity index (χ2n) is 7.14. The van der Waals surface area contributed by atoms with E-state index in [0.717, 1.165) is 42.3 Å². The molecule has 1 aliphatic rings. The third kappa shape index (κ3) is 4.63. The summed E-state index contributed by atoms with van der Waals surface area (Å²) >= 11 is 0. The second kappa shape index (κ2) is 8.87. The number of benzene rings is 1. The monoisotopic (exact) mass is 392 g/mol. The van der Waals surface area contributed by atoms with E-state index in [0.29, 0.717) is 18.7 Å². The standard InChI is InChI=1S/C22H24N4O3/c27-21(24-10-8-16-13-25-19-6-2-1-5-18(16)19)15-7-9-23-20(12-15)22(28)26-14-17-4-3-11-29-17/h1-2,5-7,9,12-13,17,25H,3-4,8,10-11,14H2,(H,24,27)(H,26,28). The zero-order valence-electron chi connectivity index (χ0n) is 16.1. The van der Waals surface area contributed by atoms with Crippen LogP contribution in [0.1, 0.15) is 39.3 Å². The number of carbonyl (C=O) groups excluding carboxylic acids is 2. The molecule has 29 heavy (non-hydrogen) atoms. The zero-order chi connectivity index (χ0) is 20.1. The second-order valence-corrected chi connectivity index (χ2v) is 7.14. The highest BCUT2D eigenvalue weighted by Crippen LogP contribution is 2.17. The molecule has 2 aromatic heterocycles. The van der Waals surface area contributed by atoms with Gasteiger partial charge in [-0.1, -0.05) is 18.2 Å². The summed E-state index contributed by atoms with van der Waals surface area (Å²) in [6.45, 7) is 1.71. The van der Waals surface area contributed by atoms with Crippen LogP contribution < -0.4 is 10.6 Å². The maximum atomic E-state index is 12.5. The number of amides is 2. The molecule has 3 aromatic rings. The summed E-state index contributed by atoms with van der Waals surface area (Å²) in [4.78, 5) is 32.1. The molecule has 7 nitrogen and oxygen atoms in total. The number of para-hydroxylation sites is 1. The molecule has 0 bridgehead atoms. The lowest BCUT2D eigenvalue weighted by Crippen LogP contribution is -2.32. The first-order valence-corrected chi connectivity index (χ1v) is 9.90. The summed E-state index contributed by atoms with van der Waals surface area (Å²) < 4.78 is 5.50. The van der Waals surface area contributed by atoms with Crippen LogP contribution in [0.5, 0.6) is 0 Å². The Hall–Kier alpha value is -3.19. The molecule has 0 radical (unpaired) electrons. The number of carbonyl (C=O) groups is 2. The summed E-state index contributed by atoms with van der Waals surface area (Å²) in [6.07, 6.45) is 6.21. The SMILES string of the molecule is O=C(NCCc1c[nH]c2ccccc12)c1ccnc(C(=O)NCC2CCCO2)c1. The first-order chi connectivity index (χ1) is 14.2. The van der Waals surface area contributed by atoms with E-state index in [2.05, 4.69) is 26.7 Å². The van der Waals surface area contributed by atoms with Crippen LogP contribution in [0.15, 0.2) is 48.8 Å². The highest BCUT2D eigenvalue weighted by Gasteiger charge is 2.18. The number of fused-ring (bicyclic) bond motifs is 1. The summed E-state index contributed by atoms with van der Waals surface area (Å²) in [7, 11) is 0. The van der Waals surface area contributed by atoms with Crippen LogP contribution in [0.25, 0.3) is 10.9 Å². The van der Waals surface area contributed by atoms with Gasteiger partial charge in [-0.25, -0.2) is 0 Å². The first kappa shape index (κ1) is 19.1. The minimum Gasteiger partial charge on any atom is -0.376 e. The smallest absolute Gasteiger partial charge is 0.269 e. The van der Waals surface area contributed by atoms with Crippen molar-refractivity contribution in [2.75, 3.05) is 19.7 Å². The molecule has 7 heteroatoms. The Balaban J connectivity index is 1.31. The van der Waals surface area contributed by atoms with Crippen LogP contribution in [0.4, 0.5) is 0 Å². The van der Waals surface area contributed by atoms with Crippen LogP contribution in [-0.2, 0) is 11.2 Å². The van der Waals surface area contributed by atoms with E-state index in [-0.39, 0.29) is 23.6 Å². The van der Waals surface area contributed by atoms with E-state index in [9.17, 15) is 9.59 Å². The van der Waals surface area contributed by atoms with E-state index in [1.165, 1.54) is 12.3 Å². The number of hydrogen-bond donors (Lipinski definition) is 3. The van der Waals surface area contributed by atoms with Crippen molar-refractivity contribution in [1.82, 2.24) is 20.6 Å². The van der Waals surface area contributed by atoms with Gasteiger partial charge in [0, 0.05) is 48.6 Å². The molecular formula is C22H24N4O3. The minimum absolute atomic E-state index is 0.0648. The molecule has 4 rings (SSSR count). The summed E-state index contributed by atoms with van der Waals surface area (Å²) in [5, 5.41) is 6.90. The summed E-state index contributed by atoms with van der Waals surface area (Å²) in [5.41, 5.74) is 2.89. The van der Waals surface area contributed by atoms with Gasteiger partial charge in [0.15, 0.2) is 0 Å². The quantitative estimate of drug-likeness (QED) is 0.575. The van der Waals surface area contributed by atoms with Crippen LogP contribution in [-0.4, -0.2) is 47.6 Å². The molecule has 3 N–H and O–H groups in total. The van der Waals surface area contributed by atoms with Crippen LogP contribution in [0.3, 0.4) is 0 Å². The molecule has 3 heterocycles. The van der Waals surface area contributed by atoms with Gasteiger partial charge in [0.05, 0.1) is 6.10 Å². The van der Waals surface area contributed by atoms with Crippen LogP contribution in [0, 0.1) is 0 Å². The van der Waals surface area contributed by atoms with Crippen molar-refractivity contribution < 1.29 is 14.3 Å². The fraction of sp³-hybridized carbons (Fsp3) is 0.318. The van der Waals surface area contributed by atoms with Gasteiger partial charge in [-0.2, -0.15) is 0 Å². The van der Waals surface area contributed by atoms with E-state index in [4.69, 9.17) is 4.74 Å². The lowest BCUT2D eigenvalue weighted by molar-refractivity contribution is 0.0853. The first-order valence-electron chi connectivity index (χ1n) is 9.90. The lowest BCUT2D eigenvalue weighted by atomic mass is 10.1. The highest BCUT2D eigenvalue weighted by atomic mass is 16.5. The normalized spacial score (nSPS) is 16.1. The molecular weight excluding hydrogens is 368 g/mol. The predicted molar refractivity (Wildman–Crippen MR) is 110 cm³/mol. The molecule has 1 aromatic carbocycles. The molecule has 2 amide bonds. The Morgan fingerprint density at radius 1 is 1.17 bits per heavy atom. The topological polar surface area (TPSA) is 96.1 Å². The number of aromatic nitrogens is 2. The Bertz CT molecular complexity index is 1010. The van der Waals surface area contributed by atoms with Crippen molar-refractivity contribution in [3.63, 3.8) is 0 Å². The van der Waals surface area contributed by atoms with E-state index >= 15 is 0 Å². The van der Waals surface area contributed by atoms with Gasteiger partial charge in [0.1, 0.15) is 5.69 Å². The molecule has 1 aliphatic heterocycles. The fourth-order valence-electron chi connectivity index (χ4n) is 3.55. The molecule has 150 valence electrons. The van der Waals surface area contributed by atoms with Crippen LogP contribution >= 0.6 is 0 Å². The van der Waals surface area contributed by atoms with E-state index in [1.54, 1.807) is 6.07 Å². The minimum atomic E-state index is -0.297. The molecule has 0 spiro atoms. The van der Waals surface area contributed by atoms with Crippen molar-refractivity contribution in [2.24, 2.45) is 0 Å². The van der Waals surface area contributed by atoms with Gasteiger partial charge < -0.3 is 20.4 Å². The maximum Gasteiger partial charge on any atom is 0.269 e. The van der Waals surface area contributed by atoms with Crippen molar-refractivity contribution in [3.8, 4) is 0 Å². The number of nitrogens with zero attached hydrogens (tertiary/aromatic N) is 1. The third-order valence-corrected chi connectivity index (χ3v) is 5.12. The highest BCUT2D eigenvalue weighted by molar-refractivity contribution is 5.98. The number of hydrogen-bond acceptors (Lipinski definition) is 4. The largest absolute Gasteiger partial charge is 0.376 e. The Morgan fingerprint density at radius 2 is 2.07 bits per heavy atom. The van der Waals surface area contributed by atoms with Gasteiger partial charge >= 0.3 is 0 Å². The number of nitrogens with one attached hydrogen (secondary N) is 3. The van der Waals surface area contributed by atoms with Crippen molar-refractivity contribution in [3.05, 3.63) is 65.6 Å². The molecule has 1 atom stereocenters.